The SMILES string of the molecule is CCn1ccnc1[C@@H](O)CC(=O)N1C(=O)OC[C@@H]1c1ccccc1. The molecule has 3 rings (SSSR count). The number of hydrogen-bond donors (Lipinski definition) is 1. The van der Waals surface area contributed by atoms with Gasteiger partial charge >= 0.3 is 6.09 Å². The summed E-state index contributed by atoms with van der Waals surface area (Å²) < 4.78 is 6.79. The molecule has 7 heteroatoms. The lowest BCUT2D eigenvalue weighted by Gasteiger charge is -2.21. The molecule has 2 aromatic rings. The minimum atomic E-state index is -1.07. The lowest BCUT2D eigenvalue weighted by molar-refractivity contribution is -0.131. The molecule has 1 fully saturated rings. The number of aliphatic hydroxyl groups is 1. The first kappa shape index (κ1) is 16.2. The fourth-order valence-electron chi connectivity index (χ4n) is 2.86. The standard InChI is InChI=1S/C17H19N3O4/c1-2-19-9-8-18-16(19)14(21)10-15(22)20-13(11-24-17(20)23)12-6-4-3-5-7-12/h3-9,13-14,21H,2,10-11H2,1H3/t13-,14+/m1/s1. The molecule has 0 aliphatic carbocycles. The number of rotatable bonds is 5. The first-order valence-electron chi connectivity index (χ1n) is 7.84. The van der Waals surface area contributed by atoms with Crippen molar-refractivity contribution in [3.63, 3.8) is 0 Å². The van der Waals surface area contributed by atoms with E-state index < -0.39 is 24.1 Å². The first-order chi connectivity index (χ1) is 11.6. The quantitative estimate of drug-likeness (QED) is 0.907. The molecule has 0 radical (unpaired) electrons. The van der Waals surface area contributed by atoms with Crippen LogP contribution in [-0.4, -0.2) is 38.2 Å². The van der Waals surface area contributed by atoms with Crippen molar-refractivity contribution in [1.82, 2.24) is 14.5 Å². The Balaban J connectivity index is 1.76. The fraction of sp³-hybridized carbons (Fsp3) is 0.353. The molecular weight excluding hydrogens is 310 g/mol. The number of ether oxygens (including phenoxy) is 1. The van der Waals surface area contributed by atoms with E-state index in [1.54, 1.807) is 17.0 Å². The van der Waals surface area contributed by atoms with E-state index in [0.29, 0.717) is 12.4 Å². The molecule has 1 N–H and O–H groups in total. The van der Waals surface area contributed by atoms with Crippen molar-refractivity contribution in [2.24, 2.45) is 0 Å². The van der Waals surface area contributed by atoms with Crippen molar-refractivity contribution in [1.29, 1.82) is 0 Å². The van der Waals surface area contributed by atoms with Gasteiger partial charge in [0.2, 0.25) is 5.91 Å². The Kier molecular flexibility index (Phi) is 4.61. The zero-order valence-corrected chi connectivity index (χ0v) is 13.3. The molecule has 0 bridgehead atoms. The van der Waals surface area contributed by atoms with Gasteiger partial charge in [0.15, 0.2) is 0 Å². The lowest BCUT2D eigenvalue weighted by atomic mass is 10.1. The van der Waals surface area contributed by atoms with Crippen molar-refractivity contribution in [3.05, 3.63) is 54.1 Å². The molecule has 126 valence electrons. The van der Waals surface area contributed by atoms with E-state index in [1.165, 1.54) is 0 Å². The number of carbonyl (C=O) groups excluding carboxylic acids is 2. The maximum absolute atomic E-state index is 12.6. The number of imide groups is 1. The van der Waals surface area contributed by atoms with Gasteiger partial charge in [0.25, 0.3) is 0 Å². The van der Waals surface area contributed by atoms with Crippen molar-refractivity contribution in [3.8, 4) is 0 Å². The molecule has 1 aromatic heterocycles. The van der Waals surface area contributed by atoms with Crippen LogP contribution in [0, 0.1) is 0 Å². The van der Waals surface area contributed by atoms with Gasteiger partial charge in [-0.1, -0.05) is 30.3 Å². The predicted octanol–water partition coefficient (Wildman–Crippen LogP) is 2.05. The van der Waals surface area contributed by atoms with Crippen molar-refractivity contribution in [2.75, 3.05) is 6.61 Å². The number of aryl methyl sites for hydroxylation is 1. The van der Waals surface area contributed by atoms with E-state index in [9.17, 15) is 14.7 Å². The highest BCUT2D eigenvalue weighted by molar-refractivity contribution is 5.94. The smallest absolute Gasteiger partial charge is 0.417 e. The number of carbonyl (C=O) groups is 2. The van der Waals surface area contributed by atoms with Gasteiger partial charge in [0.05, 0.1) is 6.42 Å². The molecule has 0 unspecified atom stereocenters. The molecule has 2 atom stereocenters. The van der Waals surface area contributed by atoms with E-state index in [4.69, 9.17) is 4.74 Å². The van der Waals surface area contributed by atoms with Crippen LogP contribution in [0.25, 0.3) is 0 Å². The maximum Gasteiger partial charge on any atom is 0.417 e. The van der Waals surface area contributed by atoms with Crippen molar-refractivity contribution in [2.45, 2.75) is 32.0 Å². The third-order valence-corrected chi connectivity index (χ3v) is 4.08. The van der Waals surface area contributed by atoms with Gasteiger partial charge in [-0.2, -0.15) is 0 Å². The van der Waals surface area contributed by atoms with Gasteiger partial charge in [-0.25, -0.2) is 14.7 Å². The summed E-state index contributed by atoms with van der Waals surface area (Å²) in [6, 6.07) is 8.76. The van der Waals surface area contributed by atoms with Crippen LogP contribution >= 0.6 is 0 Å². The fourth-order valence-corrected chi connectivity index (χ4v) is 2.86. The van der Waals surface area contributed by atoms with E-state index >= 15 is 0 Å². The molecule has 1 aliphatic rings. The minimum absolute atomic E-state index is 0.119. The van der Waals surface area contributed by atoms with Crippen LogP contribution in [-0.2, 0) is 16.1 Å². The number of imidazole rings is 1. The summed E-state index contributed by atoms with van der Waals surface area (Å²) in [5.74, 6) is -0.0702. The Morgan fingerprint density at radius 2 is 2.17 bits per heavy atom. The van der Waals surface area contributed by atoms with E-state index in [2.05, 4.69) is 4.98 Å². The highest BCUT2D eigenvalue weighted by Gasteiger charge is 2.39. The zero-order valence-electron chi connectivity index (χ0n) is 13.3. The van der Waals surface area contributed by atoms with Gasteiger partial charge < -0.3 is 14.4 Å². The van der Waals surface area contributed by atoms with Gasteiger partial charge in [-0.15, -0.1) is 0 Å². The minimum Gasteiger partial charge on any atom is -0.446 e. The summed E-state index contributed by atoms with van der Waals surface area (Å²) >= 11 is 0. The molecule has 1 aliphatic heterocycles. The van der Waals surface area contributed by atoms with E-state index in [-0.39, 0.29) is 13.0 Å². The number of amides is 2. The Hall–Kier alpha value is -2.67. The number of aromatic nitrogens is 2. The Morgan fingerprint density at radius 3 is 2.88 bits per heavy atom. The number of benzene rings is 1. The molecule has 2 heterocycles. The first-order valence-corrected chi connectivity index (χ1v) is 7.84. The van der Waals surface area contributed by atoms with Crippen LogP contribution in [0.5, 0.6) is 0 Å². The summed E-state index contributed by atoms with van der Waals surface area (Å²) in [4.78, 5) is 29.7. The van der Waals surface area contributed by atoms with Crippen LogP contribution in [0.3, 0.4) is 0 Å². The average Bonchev–Trinajstić information content (AvgIpc) is 3.21. The molecule has 0 spiro atoms. The number of nitrogens with zero attached hydrogens (tertiary/aromatic N) is 3. The average molecular weight is 329 g/mol. The number of cyclic esters (lactones) is 1. The molecule has 24 heavy (non-hydrogen) atoms. The molecule has 1 saturated heterocycles. The van der Waals surface area contributed by atoms with E-state index in [0.717, 1.165) is 10.5 Å². The Bertz CT molecular complexity index is 728. The monoisotopic (exact) mass is 329 g/mol. The van der Waals surface area contributed by atoms with Gasteiger partial charge in [0, 0.05) is 18.9 Å². The summed E-state index contributed by atoms with van der Waals surface area (Å²) in [6.07, 6.45) is 1.33. The largest absolute Gasteiger partial charge is 0.446 e. The molecular formula is C17H19N3O4. The van der Waals surface area contributed by atoms with Crippen LogP contribution in [0.2, 0.25) is 0 Å². The zero-order chi connectivity index (χ0) is 17.1. The van der Waals surface area contributed by atoms with Crippen molar-refractivity contribution < 1.29 is 19.4 Å². The second-order valence-corrected chi connectivity index (χ2v) is 5.56. The van der Waals surface area contributed by atoms with Crippen LogP contribution in [0.4, 0.5) is 4.79 Å². The third kappa shape index (κ3) is 3.03. The molecule has 2 amide bonds. The topological polar surface area (TPSA) is 84.7 Å². The molecule has 7 nitrogen and oxygen atoms in total. The third-order valence-electron chi connectivity index (χ3n) is 4.08. The Labute approximate surface area is 139 Å². The van der Waals surface area contributed by atoms with Crippen LogP contribution in [0.15, 0.2) is 42.7 Å². The van der Waals surface area contributed by atoms with Crippen LogP contribution in [0.1, 0.15) is 36.9 Å². The molecule has 1 aromatic carbocycles. The summed E-state index contributed by atoms with van der Waals surface area (Å²) in [5, 5.41) is 10.3. The summed E-state index contributed by atoms with van der Waals surface area (Å²) in [6.45, 7) is 2.68. The highest BCUT2D eigenvalue weighted by Crippen LogP contribution is 2.29. The van der Waals surface area contributed by atoms with E-state index in [1.807, 2.05) is 37.3 Å². The van der Waals surface area contributed by atoms with Crippen molar-refractivity contribution >= 4 is 12.0 Å². The second kappa shape index (κ2) is 6.84. The van der Waals surface area contributed by atoms with Gasteiger partial charge in [-0.05, 0) is 12.5 Å². The maximum atomic E-state index is 12.6. The van der Waals surface area contributed by atoms with Gasteiger partial charge in [0.1, 0.15) is 24.6 Å². The highest BCUT2D eigenvalue weighted by atomic mass is 16.6. The summed E-state index contributed by atoms with van der Waals surface area (Å²) in [7, 11) is 0. The summed E-state index contributed by atoms with van der Waals surface area (Å²) in [5.41, 5.74) is 0.821. The number of hydrogen-bond acceptors (Lipinski definition) is 5. The number of aliphatic hydroxyl groups excluding tert-OH is 1. The second-order valence-electron chi connectivity index (χ2n) is 5.56. The van der Waals surface area contributed by atoms with Crippen LogP contribution < -0.4 is 0 Å². The molecule has 0 saturated carbocycles. The lowest BCUT2D eigenvalue weighted by Crippen LogP contribution is -2.35. The normalized spacial score (nSPS) is 18.5. The predicted molar refractivity (Wildman–Crippen MR) is 84.9 cm³/mol. The Morgan fingerprint density at radius 1 is 1.42 bits per heavy atom. The van der Waals surface area contributed by atoms with Gasteiger partial charge in [-0.3, -0.25) is 4.79 Å².